The molecule has 4 atom stereocenters. The molecule has 0 aromatic rings. The summed E-state index contributed by atoms with van der Waals surface area (Å²) in [6.07, 6.45) is 5.44. The molecule has 0 radical (unpaired) electrons. The van der Waals surface area contributed by atoms with Crippen LogP contribution in [0.3, 0.4) is 0 Å². The van der Waals surface area contributed by atoms with E-state index in [0.717, 1.165) is 6.26 Å². The second-order valence-electron chi connectivity index (χ2n) is 5.94. The van der Waals surface area contributed by atoms with Gasteiger partial charge in [-0.3, -0.25) is 8.98 Å². The van der Waals surface area contributed by atoms with Gasteiger partial charge in [0, 0.05) is 25.9 Å². The van der Waals surface area contributed by atoms with Gasteiger partial charge >= 0.3 is 5.97 Å². The van der Waals surface area contributed by atoms with E-state index >= 15 is 0 Å². The smallest absolute Gasteiger partial charge is 0.305 e. The van der Waals surface area contributed by atoms with E-state index in [9.17, 15) is 18.3 Å². The van der Waals surface area contributed by atoms with Crippen LogP contribution in [0.5, 0.6) is 0 Å². The zero-order valence-electron chi connectivity index (χ0n) is 14.9. The Balaban J connectivity index is 2.64. The fourth-order valence-corrected chi connectivity index (χ4v) is 3.43. The highest BCUT2D eigenvalue weighted by Crippen LogP contribution is 2.32. The minimum atomic E-state index is -3.64. The van der Waals surface area contributed by atoms with Gasteiger partial charge in [0.05, 0.1) is 32.2 Å². The normalized spacial score (nSPS) is 27.5. The highest BCUT2D eigenvalue weighted by molar-refractivity contribution is 7.86. The first kappa shape index (κ1) is 22.0. The molecular formula is C16H28O8S. The highest BCUT2D eigenvalue weighted by atomic mass is 32.2. The molecule has 25 heavy (non-hydrogen) atoms. The number of rotatable bonds is 10. The highest BCUT2D eigenvalue weighted by Gasteiger charge is 2.40. The second-order valence-corrected chi connectivity index (χ2v) is 7.54. The van der Waals surface area contributed by atoms with Gasteiger partial charge in [0.2, 0.25) is 0 Å². The SMILES string of the molecule is COC(=O)CCC/C=C\C[C@@H]1[C@@H](CO)O[C@H](OC)C[C@H]1OS(C)(=O)=O. The van der Waals surface area contributed by atoms with Crippen LogP contribution in [0.2, 0.25) is 0 Å². The van der Waals surface area contributed by atoms with Crippen molar-refractivity contribution in [3.8, 4) is 0 Å². The lowest BCUT2D eigenvalue weighted by Crippen LogP contribution is -2.48. The third kappa shape index (κ3) is 8.28. The maximum absolute atomic E-state index is 11.5. The van der Waals surface area contributed by atoms with Crippen LogP contribution in [-0.2, 0) is 33.3 Å². The molecule has 1 fully saturated rings. The van der Waals surface area contributed by atoms with Crippen LogP contribution < -0.4 is 0 Å². The summed E-state index contributed by atoms with van der Waals surface area (Å²) in [6.45, 7) is -0.260. The molecule has 0 aromatic carbocycles. The van der Waals surface area contributed by atoms with Gasteiger partial charge in [0.25, 0.3) is 10.1 Å². The molecule has 0 spiro atoms. The summed E-state index contributed by atoms with van der Waals surface area (Å²) in [6, 6.07) is 0. The van der Waals surface area contributed by atoms with Crippen molar-refractivity contribution in [3.63, 3.8) is 0 Å². The average Bonchev–Trinajstić information content (AvgIpc) is 2.56. The fraction of sp³-hybridized carbons (Fsp3) is 0.812. The van der Waals surface area contributed by atoms with Gasteiger partial charge in [0.1, 0.15) is 0 Å². The predicted molar refractivity (Wildman–Crippen MR) is 90.2 cm³/mol. The molecular weight excluding hydrogens is 352 g/mol. The largest absolute Gasteiger partial charge is 0.469 e. The van der Waals surface area contributed by atoms with E-state index in [2.05, 4.69) is 4.74 Å². The van der Waals surface area contributed by atoms with Crippen LogP contribution in [0.1, 0.15) is 32.1 Å². The lowest BCUT2D eigenvalue weighted by molar-refractivity contribution is -0.228. The topological polar surface area (TPSA) is 108 Å². The number of allylic oxidation sites excluding steroid dienone is 2. The number of carbonyl (C=O) groups is 1. The zero-order valence-corrected chi connectivity index (χ0v) is 15.7. The van der Waals surface area contributed by atoms with Gasteiger partial charge in [-0.2, -0.15) is 8.42 Å². The van der Waals surface area contributed by atoms with E-state index in [4.69, 9.17) is 13.7 Å². The minimum absolute atomic E-state index is 0.248. The number of hydrogen-bond donors (Lipinski definition) is 1. The Labute approximate surface area is 149 Å². The van der Waals surface area contributed by atoms with Gasteiger partial charge < -0.3 is 19.3 Å². The molecule has 9 heteroatoms. The summed E-state index contributed by atoms with van der Waals surface area (Å²) in [4.78, 5) is 11.0. The molecule has 0 amide bonds. The molecule has 0 aromatic heterocycles. The van der Waals surface area contributed by atoms with Gasteiger partial charge in [-0.05, 0) is 19.3 Å². The Kier molecular flexibility index (Phi) is 9.58. The van der Waals surface area contributed by atoms with E-state index in [1.54, 1.807) is 0 Å². The summed E-state index contributed by atoms with van der Waals surface area (Å²) in [5, 5.41) is 9.56. The van der Waals surface area contributed by atoms with E-state index in [1.807, 2.05) is 12.2 Å². The van der Waals surface area contributed by atoms with Gasteiger partial charge in [-0.1, -0.05) is 12.2 Å². The molecule has 8 nitrogen and oxygen atoms in total. The molecule has 1 N–H and O–H groups in total. The van der Waals surface area contributed by atoms with Crippen molar-refractivity contribution in [2.24, 2.45) is 5.92 Å². The molecule has 146 valence electrons. The van der Waals surface area contributed by atoms with Crippen LogP contribution in [-0.4, -0.2) is 65.1 Å². The van der Waals surface area contributed by atoms with Crippen molar-refractivity contribution in [2.45, 2.75) is 50.6 Å². The average molecular weight is 380 g/mol. The number of unbranched alkanes of at least 4 members (excludes halogenated alkanes) is 1. The Morgan fingerprint density at radius 3 is 2.60 bits per heavy atom. The quantitative estimate of drug-likeness (QED) is 0.259. The first-order valence-electron chi connectivity index (χ1n) is 8.20. The number of aliphatic hydroxyl groups is 1. The first-order valence-corrected chi connectivity index (χ1v) is 10.0. The van der Waals surface area contributed by atoms with Crippen LogP contribution in [0.25, 0.3) is 0 Å². The van der Waals surface area contributed by atoms with E-state index < -0.39 is 28.6 Å². The molecule has 1 aliphatic heterocycles. The zero-order chi connectivity index (χ0) is 18.9. The van der Waals surface area contributed by atoms with Crippen molar-refractivity contribution >= 4 is 16.1 Å². The Morgan fingerprint density at radius 2 is 2.04 bits per heavy atom. The van der Waals surface area contributed by atoms with Crippen LogP contribution in [0.15, 0.2) is 12.2 Å². The van der Waals surface area contributed by atoms with Crippen molar-refractivity contribution in [3.05, 3.63) is 12.2 Å². The summed E-state index contributed by atoms with van der Waals surface area (Å²) in [7, 11) is -0.831. The summed E-state index contributed by atoms with van der Waals surface area (Å²) in [5.74, 6) is -0.565. The molecule has 0 aliphatic carbocycles. The van der Waals surface area contributed by atoms with Gasteiger partial charge in [-0.15, -0.1) is 0 Å². The van der Waals surface area contributed by atoms with Crippen LogP contribution in [0, 0.1) is 5.92 Å². The number of ether oxygens (including phenoxy) is 3. The molecule has 1 rings (SSSR count). The summed E-state index contributed by atoms with van der Waals surface area (Å²) in [5.41, 5.74) is 0. The Hall–Kier alpha value is -1.00. The van der Waals surface area contributed by atoms with Crippen molar-refractivity contribution in [1.29, 1.82) is 0 Å². The molecule has 1 saturated heterocycles. The lowest BCUT2D eigenvalue weighted by Gasteiger charge is -2.39. The summed E-state index contributed by atoms with van der Waals surface area (Å²) >= 11 is 0. The third-order valence-corrected chi connectivity index (χ3v) is 4.60. The standard InChI is InChI=1S/C16H28O8S/c1-21-15(18)9-7-5-4-6-8-12-13(24-25(3,19)20)10-16(22-2)23-14(12)11-17/h4,6,12-14,16-17H,5,7-11H2,1-3H3/b6-4-/t12-,13+,14+,16-/m0/s1. The maximum atomic E-state index is 11.5. The minimum Gasteiger partial charge on any atom is -0.469 e. The first-order chi connectivity index (χ1) is 11.8. The van der Waals surface area contributed by atoms with Gasteiger partial charge in [-0.25, -0.2) is 0 Å². The monoisotopic (exact) mass is 380 g/mol. The van der Waals surface area contributed by atoms with E-state index in [-0.39, 0.29) is 24.9 Å². The Morgan fingerprint density at radius 1 is 1.32 bits per heavy atom. The van der Waals surface area contributed by atoms with Gasteiger partial charge in [0.15, 0.2) is 6.29 Å². The number of carbonyl (C=O) groups excluding carboxylic acids is 1. The van der Waals surface area contributed by atoms with Crippen LogP contribution >= 0.6 is 0 Å². The second kappa shape index (κ2) is 10.9. The maximum Gasteiger partial charge on any atom is 0.305 e. The van der Waals surface area contributed by atoms with E-state index in [0.29, 0.717) is 25.7 Å². The van der Waals surface area contributed by atoms with Crippen molar-refractivity contribution in [1.82, 2.24) is 0 Å². The lowest BCUT2D eigenvalue weighted by atomic mass is 9.88. The molecule has 0 saturated carbocycles. The molecule has 0 bridgehead atoms. The van der Waals surface area contributed by atoms with Crippen LogP contribution in [0.4, 0.5) is 0 Å². The van der Waals surface area contributed by atoms with Crippen molar-refractivity contribution in [2.75, 3.05) is 27.1 Å². The number of hydrogen-bond acceptors (Lipinski definition) is 8. The van der Waals surface area contributed by atoms with Crippen molar-refractivity contribution < 1.29 is 36.7 Å². The molecule has 1 heterocycles. The van der Waals surface area contributed by atoms with E-state index in [1.165, 1.54) is 14.2 Å². The predicted octanol–water partition coefficient (Wildman–Crippen LogP) is 0.991. The number of aliphatic hydroxyl groups excluding tert-OH is 1. The summed E-state index contributed by atoms with van der Waals surface area (Å²) < 4.78 is 43.5. The fourth-order valence-electron chi connectivity index (χ4n) is 2.76. The third-order valence-electron chi connectivity index (χ3n) is 4.00. The molecule has 1 aliphatic rings. The number of esters is 1. The molecule has 0 unspecified atom stereocenters. The number of methoxy groups -OCH3 is 2. The Bertz CT molecular complexity index is 530.